The highest BCUT2D eigenvalue weighted by molar-refractivity contribution is 6.05. The lowest BCUT2D eigenvalue weighted by molar-refractivity contribution is 0.0571. The van der Waals surface area contributed by atoms with Gasteiger partial charge in [-0.1, -0.05) is 0 Å². The number of nitrogens with zero attached hydrogens (tertiary/aromatic N) is 2. The third-order valence-corrected chi connectivity index (χ3v) is 3.94. The molecule has 0 aliphatic carbocycles. The number of H-pyrrole nitrogens is 1. The van der Waals surface area contributed by atoms with Gasteiger partial charge in [0, 0.05) is 24.7 Å². The number of amides is 1. The number of nitrogens with one attached hydrogen (secondary N) is 1. The Morgan fingerprint density at radius 1 is 1.55 bits per heavy atom. The van der Waals surface area contributed by atoms with E-state index in [2.05, 4.69) is 10.2 Å². The Morgan fingerprint density at radius 3 is 3.05 bits per heavy atom. The minimum absolute atomic E-state index is 0.0548. The van der Waals surface area contributed by atoms with Gasteiger partial charge in [0.15, 0.2) is 5.69 Å². The smallest absolute Gasteiger partial charge is 0.275 e. The van der Waals surface area contributed by atoms with E-state index in [1.165, 1.54) is 0 Å². The molecule has 1 saturated heterocycles. The highest BCUT2D eigenvalue weighted by Gasteiger charge is 2.32. The summed E-state index contributed by atoms with van der Waals surface area (Å²) < 4.78 is 5.52. The molecule has 0 spiro atoms. The quantitative estimate of drug-likeness (QED) is 0.811. The van der Waals surface area contributed by atoms with E-state index in [-0.39, 0.29) is 18.1 Å². The summed E-state index contributed by atoms with van der Waals surface area (Å²) in [7, 11) is 1.80. The van der Waals surface area contributed by atoms with E-state index in [9.17, 15) is 4.79 Å². The van der Waals surface area contributed by atoms with Gasteiger partial charge in [-0.25, -0.2) is 0 Å². The summed E-state index contributed by atoms with van der Waals surface area (Å²) in [6, 6.07) is 5.48. The van der Waals surface area contributed by atoms with Crippen molar-refractivity contribution in [2.24, 2.45) is 0 Å². The first-order valence-corrected chi connectivity index (χ1v) is 6.70. The highest BCUT2D eigenvalue weighted by atomic mass is 16.5. The maximum atomic E-state index is 12.6. The number of carbonyl (C=O) groups is 1. The molecule has 1 amide bonds. The van der Waals surface area contributed by atoms with Gasteiger partial charge in [0.25, 0.3) is 5.91 Å². The summed E-state index contributed by atoms with van der Waals surface area (Å²) in [4.78, 5) is 14.3. The van der Waals surface area contributed by atoms with Crippen molar-refractivity contribution in [3.63, 3.8) is 0 Å². The molecule has 3 N–H and O–H groups in total. The van der Waals surface area contributed by atoms with Gasteiger partial charge in [0.2, 0.25) is 0 Å². The van der Waals surface area contributed by atoms with Crippen LogP contribution in [0.4, 0.5) is 5.69 Å². The lowest BCUT2D eigenvalue weighted by Gasteiger charge is -2.26. The number of hydrogen-bond donors (Lipinski definition) is 2. The normalized spacial score (nSPS) is 22.3. The molecular formula is C14H18N4O2. The number of likely N-dealkylation sites (N-methyl/N-ethyl adjacent to an activating group) is 1. The number of aromatic amines is 1. The number of benzene rings is 1. The number of hydrogen-bond acceptors (Lipinski definition) is 4. The lowest BCUT2D eigenvalue weighted by Crippen LogP contribution is -2.41. The van der Waals surface area contributed by atoms with Crippen LogP contribution in [0.1, 0.15) is 23.8 Å². The second-order valence-electron chi connectivity index (χ2n) is 5.23. The molecule has 6 heteroatoms. The van der Waals surface area contributed by atoms with Crippen molar-refractivity contribution < 1.29 is 9.53 Å². The number of aromatic nitrogens is 2. The van der Waals surface area contributed by atoms with Crippen LogP contribution in [0.25, 0.3) is 10.9 Å². The van der Waals surface area contributed by atoms with Crippen LogP contribution in [0.5, 0.6) is 0 Å². The largest absolute Gasteiger partial charge is 0.399 e. The SMILES string of the molecule is CC1OCCC1N(C)C(=O)c1n[nH]c2ccc(N)cc12. The predicted octanol–water partition coefficient (Wildman–Crippen LogP) is 1.39. The summed E-state index contributed by atoms with van der Waals surface area (Å²) in [5.74, 6) is -0.107. The molecular weight excluding hydrogens is 256 g/mol. The zero-order valence-corrected chi connectivity index (χ0v) is 11.6. The zero-order valence-electron chi connectivity index (χ0n) is 11.6. The number of carbonyl (C=O) groups excluding carboxylic acids is 1. The zero-order chi connectivity index (χ0) is 14.3. The standard InChI is InChI=1S/C14H18N4O2/c1-8-12(5-6-20-8)18(2)14(19)13-10-7-9(15)3-4-11(10)16-17-13/h3-4,7-8,12H,5-6,15H2,1-2H3,(H,16,17). The molecule has 2 unspecified atom stereocenters. The minimum atomic E-state index is -0.107. The molecule has 1 aromatic heterocycles. The number of rotatable bonds is 2. The Bertz CT molecular complexity index is 652. The van der Waals surface area contributed by atoms with Gasteiger partial charge in [-0.15, -0.1) is 0 Å². The Morgan fingerprint density at radius 2 is 2.35 bits per heavy atom. The summed E-state index contributed by atoms with van der Waals surface area (Å²) in [5.41, 5.74) is 7.63. The molecule has 3 rings (SSSR count). The minimum Gasteiger partial charge on any atom is -0.399 e. The molecule has 0 saturated carbocycles. The molecule has 1 aromatic carbocycles. The monoisotopic (exact) mass is 274 g/mol. The summed E-state index contributed by atoms with van der Waals surface area (Å²) >= 11 is 0. The van der Waals surface area contributed by atoms with E-state index in [1.54, 1.807) is 24.1 Å². The number of ether oxygens (including phenoxy) is 1. The second kappa shape index (κ2) is 4.79. The first kappa shape index (κ1) is 12.9. The van der Waals surface area contributed by atoms with Crippen molar-refractivity contribution >= 4 is 22.5 Å². The fourth-order valence-corrected chi connectivity index (χ4v) is 2.74. The van der Waals surface area contributed by atoms with Crippen LogP contribution < -0.4 is 5.73 Å². The molecule has 0 bridgehead atoms. The van der Waals surface area contributed by atoms with Crippen LogP contribution in [-0.4, -0.2) is 46.8 Å². The molecule has 6 nitrogen and oxygen atoms in total. The molecule has 20 heavy (non-hydrogen) atoms. The molecule has 2 heterocycles. The second-order valence-corrected chi connectivity index (χ2v) is 5.23. The molecule has 1 aliphatic rings. The third-order valence-electron chi connectivity index (χ3n) is 3.94. The van der Waals surface area contributed by atoms with Crippen molar-refractivity contribution in [2.75, 3.05) is 19.4 Å². The van der Waals surface area contributed by atoms with Crippen molar-refractivity contribution in [1.29, 1.82) is 0 Å². The van der Waals surface area contributed by atoms with E-state index in [1.807, 2.05) is 13.0 Å². The van der Waals surface area contributed by atoms with Gasteiger partial charge >= 0.3 is 0 Å². The van der Waals surface area contributed by atoms with Crippen molar-refractivity contribution in [3.05, 3.63) is 23.9 Å². The van der Waals surface area contributed by atoms with E-state index < -0.39 is 0 Å². The Kier molecular flexibility index (Phi) is 3.10. The van der Waals surface area contributed by atoms with Crippen LogP contribution in [0.2, 0.25) is 0 Å². The molecule has 2 atom stereocenters. The van der Waals surface area contributed by atoms with Crippen LogP contribution in [0.3, 0.4) is 0 Å². The van der Waals surface area contributed by atoms with Crippen molar-refractivity contribution in [1.82, 2.24) is 15.1 Å². The summed E-state index contributed by atoms with van der Waals surface area (Å²) in [6.07, 6.45) is 0.910. The van der Waals surface area contributed by atoms with Crippen molar-refractivity contribution in [3.8, 4) is 0 Å². The number of nitrogens with two attached hydrogens (primary N) is 1. The van der Waals surface area contributed by atoms with Crippen LogP contribution in [-0.2, 0) is 4.74 Å². The Labute approximate surface area is 116 Å². The third kappa shape index (κ3) is 2.02. The van der Waals surface area contributed by atoms with Crippen LogP contribution in [0.15, 0.2) is 18.2 Å². The topological polar surface area (TPSA) is 84.2 Å². The highest BCUT2D eigenvalue weighted by Crippen LogP contribution is 2.23. The maximum Gasteiger partial charge on any atom is 0.275 e. The van der Waals surface area contributed by atoms with Gasteiger partial charge in [0.05, 0.1) is 17.7 Å². The number of anilines is 1. The summed E-state index contributed by atoms with van der Waals surface area (Å²) in [5, 5.41) is 7.77. The molecule has 2 aromatic rings. The first-order chi connectivity index (χ1) is 9.58. The number of fused-ring (bicyclic) bond motifs is 1. The van der Waals surface area contributed by atoms with E-state index >= 15 is 0 Å². The Hall–Kier alpha value is -2.08. The molecule has 0 radical (unpaired) electrons. The van der Waals surface area contributed by atoms with Gasteiger partial charge in [-0.3, -0.25) is 9.89 Å². The maximum absolute atomic E-state index is 12.6. The van der Waals surface area contributed by atoms with Gasteiger partial charge < -0.3 is 15.4 Å². The average molecular weight is 274 g/mol. The molecule has 106 valence electrons. The van der Waals surface area contributed by atoms with Gasteiger partial charge in [-0.05, 0) is 31.5 Å². The lowest BCUT2D eigenvalue weighted by atomic mass is 10.1. The fraction of sp³-hybridized carbons (Fsp3) is 0.429. The average Bonchev–Trinajstić information content (AvgIpc) is 3.03. The first-order valence-electron chi connectivity index (χ1n) is 6.70. The van der Waals surface area contributed by atoms with E-state index in [4.69, 9.17) is 10.5 Å². The van der Waals surface area contributed by atoms with E-state index in [0.29, 0.717) is 18.0 Å². The number of nitrogen functional groups attached to an aromatic ring is 1. The van der Waals surface area contributed by atoms with Crippen molar-refractivity contribution in [2.45, 2.75) is 25.5 Å². The van der Waals surface area contributed by atoms with Gasteiger partial charge in [-0.2, -0.15) is 5.10 Å². The summed E-state index contributed by atoms with van der Waals surface area (Å²) in [6.45, 7) is 2.68. The van der Waals surface area contributed by atoms with Crippen LogP contribution in [0, 0.1) is 0 Å². The fourth-order valence-electron chi connectivity index (χ4n) is 2.74. The Balaban J connectivity index is 1.94. The van der Waals surface area contributed by atoms with Crippen LogP contribution >= 0.6 is 0 Å². The predicted molar refractivity (Wildman–Crippen MR) is 76.4 cm³/mol. The van der Waals surface area contributed by atoms with E-state index in [0.717, 1.165) is 17.3 Å². The molecule has 1 fully saturated rings. The molecule has 1 aliphatic heterocycles. The van der Waals surface area contributed by atoms with Gasteiger partial charge in [0.1, 0.15) is 0 Å².